The smallest absolute Gasteiger partial charge is 0.233 e. The van der Waals surface area contributed by atoms with Gasteiger partial charge in [-0.05, 0) is 51.1 Å². The molecule has 0 unspecified atom stereocenters. The van der Waals surface area contributed by atoms with Gasteiger partial charge < -0.3 is 0 Å². The van der Waals surface area contributed by atoms with Gasteiger partial charge in [0.2, 0.25) is 22.4 Å². The van der Waals surface area contributed by atoms with E-state index in [0.29, 0.717) is 0 Å². The fourth-order valence-corrected chi connectivity index (χ4v) is 7.90. The topological polar surface area (TPSA) is 36.9 Å². The molecule has 4 nitrogen and oxygen atoms in total. The molecule has 0 radical (unpaired) electrons. The summed E-state index contributed by atoms with van der Waals surface area (Å²) in [5.41, 5.74) is 0. The number of hydrogen-bond donors (Lipinski definition) is 0. The van der Waals surface area contributed by atoms with Gasteiger partial charge in [-0.2, -0.15) is 0 Å². The SMILES string of the molecule is C[Si]1(C)CC[Si](C)(C)OOC2(CCCC2)OO1. The van der Waals surface area contributed by atoms with Gasteiger partial charge in [0.05, 0.1) is 0 Å². The lowest BCUT2D eigenvalue weighted by molar-refractivity contribution is -0.462. The van der Waals surface area contributed by atoms with Crippen LogP contribution in [0.15, 0.2) is 0 Å². The summed E-state index contributed by atoms with van der Waals surface area (Å²) in [5.74, 6) is -0.626. The van der Waals surface area contributed by atoms with Crippen molar-refractivity contribution in [3.8, 4) is 0 Å². The van der Waals surface area contributed by atoms with Crippen LogP contribution in [0.3, 0.4) is 0 Å². The largest absolute Gasteiger partial charge is 0.284 e. The lowest BCUT2D eigenvalue weighted by Crippen LogP contribution is -2.39. The van der Waals surface area contributed by atoms with Crippen LogP contribution in [0.1, 0.15) is 25.7 Å². The number of rotatable bonds is 0. The van der Waals surface area contributed by atoms with E-state index in [1.807, 2.05) is 0 Å². The molecule has 2 rings (SSSR count). The minimum Gasteiger partial charge on any atom is -0.284 e. The molecule has 0 atom stereocenters. The van der Waals surface area contributed by atoms with Crippen LogP contribution in [0.4, 0.5) is 0 Å². The standard InChI is InChI=1S/C11H24O4Si2/c1-16(2)9-10-17(3,4)15-13-11(12-14-16)7-5-6-8-11/h5-10H2,1-4H3. The van der Waals surface area contributed by atoms with Crippen molar-refractivity contribution >= 4 is 16.6 Å². The molecule has 1 heterocycles. The highest BCUT2D eigenvalue weighted by Gasteiger charge is 2.45. The van der Waals surface area contributed by atoms with Crippen LogP contribution >= 0.6 is 0 Å². The van der Waals surface area contributed by atoms with Crippen molar-refractivity contribution < 1.29 is 18.9 Å². The van der Waals surface area contributed by atoms with E-state index in [1.165, 1.54) is 0 Å². The van der Waals surface area contributed by atoms with Gasteiger partial charge in [-0.25, -0.2) is 9.78 Å². The van der Waals surface area contributed by atoms with Gasteiger partial charge >= 0.3 is 0 Å². The zero-order valence-corrected chi connectivity index (χ0v) is 13.4. The fourth-order valence-electron chi connectivity index (χ4n) is 2.16. The van der Waals surface area contributed by atoms with E-state index in [0.717, 1.165) is 37.8 Å². The Morgan fingerprint density at radius 2 is 1.18 bits per heavy atom. The van der Waals surface area contributed by atoms with Gasteiger partial charge in [-0.15, -0.1) is 0 Å². The molecule has 0 aromatic heterocycles. The zero-order valence-electron chi connectivity index (χ0n) is 11.4. The Morgan fingerprint density at radius 1 is 0.765 bits per heavy atom. The quantitative estimate of drug-likeness (QED) is 0.500. The zero-order chi connectivity index (χ0) is 12.6. The molecular formula is C11H24O4Si2. The fraction of sp³-hybridized carbons (Fsp3) is 1.00. The maximum atomic E-state index is 5.74. The summed E-state index contributed by atoms with van der Waals surface area (Å²) in [6, 6.07) is 2.15. The Balaban J connectivity index is 2.11. The van der Waals surface area contributed by atoms with E-state index in [1.54, 1.807) is 0 Å². The Labute approximate surface area is 106 Å². The minimum atomic E-state index is -1.74. The van der Waals surface area contributed by atoms with E-state index in [9.17, 15) is 0 Å². The molecule has 2 fully saturated rings. The third kappa shape index (κ3) is 3.62. The van der Waals surface area contributed by atoms with Gasteiger partial charge in [0.15, 0.2) is 0 Å². The van der Waals surface area contributed by atoms with Crippen LogP contribution in [0, 0.1) is 0 Å². The molecule has 1 saturated carbocycles. The monoisotopic (exact) mass is 276 g/mol. The summed E-state index contributed by atoms with van der Waals surface area (Å²) in [4.78, 5) is 11.3. The average Bonchev–Trinajstić information content (AvgIpc) is 2.72. The van der Waals surface area contributed by atoms with Crippen molar-refractivity contribution in [3.05, 3.63) is 0 Å². The molecule has 1 aliphatic carbocycles. The first kappa shape index (κ1) is 13.7. The summed E-state index contributed by atoms with van der Waals surface area (Å²) in [6.45, 7) is 8.80. The van der Waals surface area contributed by atoms with Crippen molar-refractivity contribution in [3.63, 3.8) is 0 Å². The van der Waals surface area contributed by atoms with Crippen molar-refractivity contribution in [2.75, 3.05) is 0 Å². The molecule has 0 aromatic carbocycles. The summed E-state index contributed by atoms with van der Waals surface area (Å²) in [5, 5.41) is 0. The highest BCUT2D eigenvalue weighted by atomic mass is 28.4. The van der Waals surface area contributed by atoms with Gasteiger partial charge in [-0.1, -0.05) is 0 Å². The van der Waals surface area contributed by atoms with Crippen molar-refractivity contribution in [2.45, 2.75) is 69.7 Å². The van der Waals surface area contributed by atoms with E-state index >= 15 is 0 Å². The molecular weight excluding hydrogens is 252 g/mol. The summed E-state index contributed by atoms with van der Waals surface area (Å²) >= 11 is 0. The van der Waals surface area contributed by atoms with Crippen LogP contribution < -0.4 is 0 Å². The first-order valence-corrected chi connectivity index (χ1v) is 12.8. The molecule has 2 aliphatic rings. The van der Waals surface area contributed by atoms with Crippen LogP contribution in [-0.4, -0.2) is 22.4 Å². The normalized spacial score (nSPS) is 31.8. The summed E-state index contributed by atoms with van der Waals surface area (Å²) in [7, 11) is -3.47. The lowest BCUT2D eigenvalue weighted by atomic mass is 10.2. The number of hydrogen-bond acceptors (Lipinski definition) is 4. The second kappa shape index (κ2) is 4.75. The first-order chi connectivity index (χ1) is 7.83. The highest BCUT2D eigenvalue weighted by Crippen LogP contribution is 2.38. The Hall–Kier alpha value is 0.274. The predicted molar refractivity (Wildman–Crippen MR) is 70.1 cm³/mol. The highest BCUT2D eigenvalue weighted by molar-refractivity contribution is 6.76. The molecule has 0 bridgehead atoms. The second-order valence-corrected chi connectivity index (χ2v) is 14.8. The van der Waals surface area contributed by atoms with E-state index < -0.39 is 22.4 Å². The summed E-state index contributed by atoms with van der Waals surface area (Å²) in [6.07, 6.45) is 4.00. The predicted octanol–water partition coefficient (Wildman–Crippen LogP) is 3.58. The van der Waals surface area contributed by atoms with E-state index in [-0.39, 0.29) is 0 Å². The Morgan fingerprint density at radius 3 is 1.59 bits per heavy atom. The molecule has 0 N–H and O–H groups in total. The van der Waals surface area contributed by atoms with Crippen molar-refractivity contribution in [1.29, 1.82) is 0 Å². The van der Waals surface area contributed by atoms with Crippen LogP contribution in [-0.2, 0) is 18.9 Å². The van der Waals surface area contributed by atoms with Gasteiger partial charge in [0.1, 0.15) is 0 Å². The van der Waals surface area contributed by atoms with Crippen LogP contribution in [0.25, 0.3) is 0 Å². The molecule has 6 heteroatoms. The molecule has 1 saturated heterocycles. The van der Waals surface area contributed by atoms with Crippen LogP contribution in [0.5, 0.6) is 0 Å². The molecule has 1 aliphatic heterocycles. The van der Waals surface area contributed by atoms with Gasteiger partial charge in [0, 0.05) is 12.8 Å². The molecule has 0 aromatic rings. The van der Waals surface area contributed by atoms with Crippen molar-refractivity contribution in [1.82, 2.24) is 0 Å². The van der Waals surface area contributed by atoms with E-state index in [2.05, 4.69) is 26.2 Å². The molecule has 0 amide bonds. The maximum Gasteiger partial charge on any atom is 0.233 e. The molecule has 100 valence electrons. The maximum absolute atomic E-state index is 5.74. The minimum absolute atomic E-state index is 0.626. The van der Waals surface area contributed by atoms with E-state index in [4.69, 9.17) is 18.9 Å². The lowest BCUT2D eigenvalue weighted by Gasteiger charge is -2.30. The molecule has 1 spiro atoms. The third-order valence-corrected chi connectivity index (χ3v) is 8.01. The Bertz CT molecular complexity index is 253. The van der Waals surface area contributed by atoms with Crippen molar-refractivity contribution in [2.24, 2.45) is 0 Å². The third-order valence-electron chi connectivity index (χ3n) is 3.53. The van der Waals surface area contributed by atoms with Crippen LogP contribution in [0.2, 0.25) is 38.3 Å². The second-order valence-electron chi connectivity index (χ2n) is 6.47. The van der Waals surface area contributed by atoms with Gasteiger partial charge in [0.25, 0.3) is 0 Å². The van der Waals surface area contributed by atoms with Gasteiger partial charge in [-0.3, -0.25) is 9.15 Å². The molecule has 17 heavy (non-hydrogen) atoms. The summed E-state index contributed by atoms with van der Waals surface area (Å²) < 4.78 is 11.5. The Kier molecular flexibility index (Phi) is 3.83. The first-order valence-electron chi connectivity index (χ1n) is 6.56. The average molecular weight is 276 g/mol.